The number of allylic oxidation sites excluding steroid dienone is 6. The Hall–Kier alpha value is -1.45. The van der Waals surface area contributed by atoms with E-state index in [4.69, 9.17) is 0 Å². The lowest BCUT2D eigenvalue weighted by molar-refractivity contribution is -0.0920. The fourth-order valence-corrected chi connectivity index (χ4v) is 1.40. The van der Waals surface area contributed by atoms with Gasteiger partial charge in [0.15, 0.2) is 0 Å². The molecule has 0 unspecified atom stereocenters. The molecule has 4 heteroatoms. The van der Waals surface area contributed by atoms with Crippen LogP contribution < -0.4 is 0 Å². The maximum absolute atomic E-state index is 12.5. The van der Waals surface area contributed by atoms with Crippen LogP contribution in [0.4, 0.5) is 13.2 Å². The molecule has 0 heterocycles. The Kier molecular flexibility index (Phi) is 3.62. The summed E-state index contributed by atoms with van der Waals surface area (Å²) in [5.74, 6) is 0.0248. The van der Waals surface area contributed by atoms with Crippen LogP contribution in [0.2, 0.25) is 0 Å². The predicted molar refractivity (Wildman–Crippen MR) is 57.0 cm³/mol. The predicted octanol–water partition coefficient (Wildman–Crippen LogP) is 4.21. The van der Waals surface area contributed by atoms with E-state index in [9.17, 15) is 18.3 Å². The SMILES string of the molecule is CC=CC1=CC(=C(C)C(F)(F)F)CC=C1O. The molecule has 0 fully saturated rings. The van der Waals surface area contributed by atoms with E-state index in [1.807, 2.05) is 0 Å². The molecule has 0 spiro atoms. The van der Waals surface area contributed by atoms with Crippen molar-refractivity contribution in [2.24, 2.45) is 0 Å². The van der Waals surface area contributed by atoms with Crippen LogP contribution in [-0.4, -0.2) is 11.3 Å². The minimum absolute atomic E-state index is 0.0248. The Morgan fingerprint density at radius 2 is 2.06 bits per heavy atom. The van der Waals surface area contributed by atoms with Crippen molar-refractivity contribution in [2.45, 2.75) is 26.4 Å². The number of alkyl halides is 3. The van der Waals surface area contributed by atoms with E-state index in [1.165, 1.54) is 12.2 Å². The molecule has 0 aromatic heterocycles. The Balaban J connectivity index is 3.14. The molecule has 0 saturated heterocycles. The monoisotopic (exact) mass is 230 g/mol. The molecule has 0 atom stereocenters. The van der Waals surface area contributed by atoms with Gasteiger partial charge < -0.3 is 5.11 Å². The molecular formula is C12H13F3O. The lowest BCUT2D eigenvalue weighted by Crippen LogP contribution is -2.12. The summed E-state index contributed by atoms with van der Waals surface area (Å²) in [5, 5.41) is 9.44. The third kappa shape index (κ3) is 2.78. The average Bonchev–Trinajstić information content (AvgIpc) is 2.19. The van der Waals surface area contributed by atoms with Crippen molar-refractivity contribution < 1.29 is 18.3 Å². The van der Waals surface area contributed by atoms with E-state index in [2.05, 4.69) is 0 Å². The molecular weight excluding hydrogens is 217 g/mol. The highest BCUT2D eigenvalue weighted by Gasteiger charge is 2.32. The van der Waals surface area contributed by atoms with E-state index >= 15 is 0 Å². The molecule has 1 rings (SSSR count). The van der Waals surface area contributed by atoms with Gasteiger partial charge in [0.2, 0.25) is 0 Å². The van der Waals surface area contributed by atoms with Crippen molar-refractivity contribution in [2.75, 3.05) is 0 Å². The first-order valence-electron chi connectivity index (χ1n) is 4.87. The highest BCUT2D eigenvalue weighted by atomic mass is 19.4. The van der Waals surface area contributed by atoms with Gasteiger partial charge in [0.05, 0.1) is 0 Å². The summed E-state index contributed by atoms with van der Waals surface area (Å²) in [4.78, 5) is 0. The minimum atomic E-state index is -4.31. The molecule has 0 aromatic carbocycles. The molecule has 0 aromatic rings. The zero-order chi connectivity index (χ0) is 12.3. The normalized spacial score (nSPS) is 20.8. The summed E-state index contributed by atoms with van der Waals surface area (Å²) in [7, 11) is 0. The van der Waals surface area contributed by atoms with Crippen LogP contribution in [0.3, 0.4) is 0 Å². The summed E-state index contributed by atoms with van der Waals surface area (Å²) < 4.78 is 37.4. The minimum Gasteiger partial charge on any atom is -0.508 e. The quantitative estimate of drug-likeness (QED) is 0.715. The summed E-state index contributed by atoms with van der Waals surface area (Å²) in [6.45, 7) is 2.79. The third-order valence-corrected chi connectivity index (χ3v) is 2.39. The van der Waals surface area contributed by atoms with Gasteiger partial charge in [0.25, 0.3) is 0 Å². The fraction of sp³-hybridized carbons (Fsp3) is 0.333. The molecule has 1 aliphatic carbocycles. The van der Waals surface area contributed by atoms with Gasteiger partial charge in [0, 0.05) is 11.1 Å². The van der Waals surface area contributed by atoms with Crippen molar-refractivity contribution in [3.05, 3.63) is 46.8 Å². The van der Waals surface area contributed by atoms with E-state index in [-0.39, 0.29) is 17.8 Å². The Bertz CT molecular complexity index is 395. The van der Waals surface area contributed by atoms with Gasteiger partial charge in [-0.3, -0.25) is 0 Å². The molecule has 0 aliphatic heterocycles. The van der Waals surface area contributed by atoms with Crippen molar-refractivity contribution in [1.82, 2.24) is 0 Å². The van der Waals surface area contributed by atoms with Gasteiger partial charge >= 0.3 is 6.18 Å². The largest absolute Gasteiger partial charge is 0.508 e. The maximum atomic E-state index is 12.5. The number of hydrogen-bond acceptors (Lipinski definition) is 1. The van der Waals surface area contributed by atoms with E-state index in [1.54, 1.807) is 19.1 Å². The first-order chi connectivity index (χ1) is 7.36. The highest BCUT2D eigenvalue weighted by molar-refractivity contribution is 5.47. The summed E-state index contributed by atoms with van der Waals surface area (Å²) in [6.07, 6.45) is 1.81. The Labute approximate surface area is 92.3 Å². The second kappa shape index (κ2) is 4.60. The number of rotatable bonds is 1. The van der Waals surface area contributed by atoms with Gasteiger partial charge in [-0.15, -0.1) is 0 Å². The standard InChI is InChI=1S/C12H13F3O/c1-3-4-10-7-9(5-6-11(10)16)8(2)12(13,14)15/h3-4,6-7,16H,5H2,1-2H3. The van der Waals surface area contributed by atoms with Crippen LogP contribution in [0.5, 0.6) is 0 Å². The van der Waals surface area contributed by atoms with Gasteiger partial charge in [-0.2, -0.15) is 13.2 Å². The van der Waals surface area contributed by atoms with E-state index < -0.39 is 11.7 Å². The van der Waals surface area contributed by atoms with Crippen LogP contribution in [-0.2, 0) is 0 Å². The van der Waals surface area contributed by atoms with Crippen LogP contribution in [0.15, 0.2) is 46.8 Å². The second-order valence-electron chi connectivity index (χ2n) is 3.54. The molecule has 0 saturated carbocycles. The molecule has 1 N–H and O–H groups in total. The third-order valence-electron chi connectivity index (χ3n) is 2.39. The van der Waals surface area contributed by atoms with Crippen molar-refractivity contribution in [3.8, 4) is 0 Å². The zero-order valence-corrected chi connectivity index (χ0v) is 9.10. The zero-order valence-electron chi connectivity index (χ0n) is 9.10. The van der Waals surface area contributed by atoms with E-state index in [0.717, 1.165) is 6.92 Å². The smallest absolute Gasteiger partial charge is 0.412 e. The molecule has 88 valence electrons. The molecule has 0 bridgehead atoms. The first-order valence-corrected chi connectivity index (χ1v) is 4.87. The summed E-state index contributed by atoms with van der Waals surface area (Å²) in [6, 6.07) is 0. The highest BCUT2D eigenvalue weighted by Crippen LogP contribution is 2.32. The van der Waals surface area contributed by atoms with Crippen LogP contribution >= 0.6 is 0 Å². The molecule has 0 amide bonds. The first kappa shape index (κ1) is 12.6. The lowest BCUT2D eigenvalue weighted by Gasteiger charge is -2.15. The fourth-order valence-electron chi connectivity index (χ4n) is 1.40. The summed E-state index contributed by atoms with van der Waals surface area (Å²) >= 11 is 0. The van der Waals surface area contributed by atoms with Gasteiger partial charge in [0.1, 0.15) is 5.76 Å². The number of hydrogen-bond donors (Lipinski definition) is 1. The molecule has 0 radical (unpaired) electrons. The lowest BCUT2D eigenvalue weighted by atomic mass is 9.96. The summed E-state index contributed by atoms with van der Waals surface area (Å²) in [5.41, 5.74) is -0.0102. The van der Waals surface area contributed by atoms with Crippen molar-refractivity contribution in [1.29, 1.82) is 0 Å². The topological polar surface area (TPSA) is 20.2 Å². The number of aliphatic hydroxyl groups excluding tert-OH is 1. The van der Waals surface area contributed by atoms with Crippen molar-refractivity contribution in [3.63, 3.8) is 0 Å². The average molecular weight is 230 g/mol. The Morgan fingerprint density at radius 1 is 1.44 bits per heavy atom. The van der Waals surface area contributed by atoms with Gasteiger partial charge in [-0.05, 0) is 38.0 Å². The Morgan fingerprint density at radius 3 is 2.56 bits per heavy atom. The molecule has 1 nitrogen and oxygen atoms in total. The van der Waals surface area contributed by atoms with Crippen LogP contribution in [0, 0.1) is 0 Å². The van der Waals surface area contributed by atoms with Crippen molar-refractivity contribution >= 4 is 0 Å². The van der Waals surface area contributed by atoms with Crippen LogP contribution in [0.25, 0.3) is 0 Å². The molecule has 16 heavy (non-hydrogen) atoms. The van der Waals surface area contributed by atoms with E-state index in [0.29, 0.717) is 5.57 Å². The second-order valence-corrected chi connectivity index (χ2v) is 3.54. The van der Waals surface area contributed by atoms with Gasteiger partial charge in [-0.25, -0.2) is 0 Å². The van der Waals surface area contributed by atoms with Crippen LogP contribution in [0.1, 0.15) is 20.3 Å². The maximum Gasteiger partial charge on any atom is 0.412 e. The molecule has 1 aliphatic rings. The van der Waals surface area contributed by atoms with Gasteiger partial charge in [-0.1, -0.05) is 12.2 Å². The number of aliphatic hydroxyl groups is 1. The number of halogens is 3.